The third-order valence-corrected chi connectivity index (χ3v) is 3.86. The quantitative estimate of drug-likeness (QED) is 0.800. The highest BCUT2D eigenvalue weighted by Crippen LogP contribution is 2.29. The summed E-state index contributed by atoms with van der Waals surface area (Å²) in [4.78, 5) is 4.12. The molecule has 0 saturated heterocycles. The van der Waals surface area contributed by atoms with Crippen molar-refractivity contribution >= 4 is 34.8 Å². The molecule has 0 bridgehead atoms. The Morgan fingerprint density at radius 3 is 2.89 bits per heavy atom. The first-order valence-corrected chi connectivity index (χ1v) is 6.85. The summed E-state index contributed by atoms with van der Waals surface area (Å²) in [6, 6.07) is 1.59. The van der Waals surface area contributed by atoms with Gasteiger partial charge in [-0.05, 0) is 31.2 Å². The van der Waals surface area contributed by atoms with Crippen molar-refractivity contribution < 1.29 is 5.11 Å². The Balaban J connectivity index is 1.95. The van der Waals surface area contributed by atoms with Crippen LogP contribution in [0.25, 0.3) is 0 Å². The number of hydrogen-bond donors (Lipinski definition) is 3. The lowest BCUT2D eigenvalue weighted by Crippen LogP contribution is -2.25. The summed E-state index contributed by atoms with van der Waals surface area (Å²) in [5.74, 6) is 1.27. The van der Waals surface area contributed by atoms with Gasteiger partial charge < -0.3 is 16.2 Å². The molecule has 1 aliphatic carbocycles. The Hall–Kier alpha value is -0.710. The number of nitrogens with one attached hydrogen (secondary N) is 1. The van der Waals surface area contributed by atoms with E-state index in [9.17, 15) is 5.11 Å². The number of pyridine rings is 1. The van der Waals surface area contributed by atoms with Crippen molar-refractivity contribution in [2.45, 2.75) is 31.8 Å². The fourth-order valence-electron chi connectivity index (χ4n) is 2.29. The maximum Gasteiger partial charge on any atom is 0.147 e. The van der Waals surface area contributed by atoms with E-state index < -0.39 is 0 Å². The lowest BCUT2D eigenvalue weighted by atomic mass is 9.87. The van der Waals surface area contributed by atoms with E-state index in [1.165, 1.54) is 0 Å². The summed E-state index contributed by atoms with van der Waals surface area (Å²) < 4.78 is 0. The fraction of sp³-hybridized carbons (Fsp3) is 0.583. The van der Waals surface area contributed by atoms with Crippen molar-refractivity contribution in [3.8, 4) is 0 Å². The van der Waals surface area contributed by atoms with E-state index >= 15 is 0 Å². The Bertz CT molecular complexity index is 428. The van der Waals surface area contributed by atoms with Gasteiger partial charge in [0, 0.05) is 6.54 Å². The molecule has 1 aliphatic rings. The van der Waals surface area contributed by atoms with Crippen LogP contribution in [0.1, 0.15) is 25.7 Å². The van der Waals surface area contributed by atoms with Gasteiger partial charge in [-0.25, -0.2) is 4.98 Å². The third kappa shape index (κ3) is 3.40. The van der Waals surface area contributed by atoms with Crippen molar-refractivity contribution in [3.05, 3.63) is 16.1 Å². The molecule has 2 rings (SSSR count). The van der Waals surface area contributed by atoms with Gasteiger partial charge in [0.05, 0.1) is 16.1 Å². The molecule has 2 unspecified atom stereocenters. The van der Waals surface area contributed by atoms with E-state index in [4.69, 9.17) is 28.9 Å². The van der Waals surface area contributed by atoms with E-state index in [1.54, 1.807) is 6.07 Å². The van der Waals surface area contributed by atoms with Gasteiger partial charge in [-0.1, -0.05) is 29.6 Å². The van der Waals surface area contributed by atoms with Crippen molar-refractivity contribution in [2.75, 3.05) is 17.6 Å². The molecule has 0 radical (unpaired) electrons. The van der Waals surface area contributed by atoms with Gasteiger partial charge in [0.25, 0.3) is 0 Å². The molecule has 0 aromatic carbocycles. The van der Waals surface area contributed by atoms with Gasteiger partial charge in [0.2, 0.25) is 0 Å². The maximum absolute atomic E-state index is 9.60. The Morgan fingerprint density at radius 2 is 2.17 bits per heavy atom. The fourth-order valence-corrected chi connectivity index (χ4v) is 2.72. The van der Waals surface area contributed by atoms with Crippen LogP contribution in [0.15, 0.2) is 6.07 Å². The molecule has 0 aliphatic heterocycles. The van der Waals surface area contributed by atoms with Crippen LogP contribution in [0, 0.1) is 5.92 Å². The highest BCUT2D eigenvalue weighted by molar-refractivity contribution is 6.37. The van der Waals surface area contributed by atoms with Crippen LogP contribution in [0.4, 0.5) is 11.6 Å². The van der Waals surface area contributed by atoms with Crippen molar-refractivity contribution in [1.82, 2.24) is 4.98 Å². The molecule has 4 N–H and O–H groups in total. The molecule has 1 heterocycles. The zero-order valence-electron chi connectivity index (χ0n) is 10.00. The number of rotatable bonds is 3. The average molecular weight is 290 g/mol. The smallest absolute Gasteiger partial charge is 0.147 e. The highest BCUT2D eigenvalue weighted by atomic mass is 35.5. The van der Waals surface area contributed by atoms with E-state index in [2.05, 4.69) is 10.3 Å². The molecule has 6 heteroatoms. The molecule has 100 valence electrons. The maximum atomic E-state index is 9.60. The van der Waals surface area contributed by atoms with Gasteiger partial charge in [-0.15, -0.1) is 0 Å². The second-order valence-electron chi connectivity index (χ2n) is 4.75. The van der Waals surface area contributed by atoms with Crippen molar-refractivity contribution in [1.29, 1.82) is 0 Å². The molecule has 18 heavy (non-hydrogen) atoms. The molecular weight excluding hydrogens is 273 g/mol. The Labute approximate surface area is 116 Å². The minimum Gasteiger partial charge on any atom is -0.393 e. The Morgan fingerprint density at radius 1 is 1.39 bits per heavy atom. The molecule has 1 aromatic heterocycles. The number of nitrogen functional groups attached to an aromatic ring is 1. The largest absolute Gasteiger partial charge is 0.393 e. The van der Waals surface area contributed by atoms with E-state index in [1.807, 2.05) is 0 Å². The summed E-state index contributed by atoms with van der Waals surface area (Å²) in [5, 5.41) is 13.6. The lowest BCUT2D eigenvalue weighted by molar-refractivity contribution is 0.104. The standard InChI is InChI=1S/C12H17Cl2N3O/c13-9-5-10(14)12(17-11(9)15)16-6-7-2-1-3-8(18)4-7/h5,7-8,18H,1-4,6H2,(H3,15,16,17). The molecule has 1 saturated carbocycles. The monoisotopic (exact) mass is 289 g/mol. The predicted molar refractivity (Wildman–Crippen MR) is 75.1 cm³/mol. The van der Waals surface area contributed by atoms with Crippen LogP contribution in [-0.4, -0.2) is 22.7 Å². The first-order valence-electron chi connectivity index (χ1n) is 6.09. The van der Waals surface area contributed by atoms with Crippen LogP contribution >= 0.6 is 23.2 Å². The number of hydrogen-bond acceptors (Lipinski definition) is 4. The van der Waals surface area contributed by atoms with Crippen LogP contribution in [0.3, 0.4) is 0 Å². The first-order chi connectivity index (χ1) is 8.56. The summed E-state index contributed by atoms with van der Waals surface area (Å²) >= 11 is 11.9. The normalized spacial score (nSPS) is 23.9. The molecule has 1 aromatic rings. The zero-order valence-corrected chi connectivity index (χ0v) is 11.5. The second-order valence-corrected chi connectivity index (χ2v) is 5.57. The van der Waals surface area contributed by atoms with Crippen LogP contribution in [0.2, 0.25) is 10.0 Å². The predicted octanol–water partition coefficient (Wildman–Crippen LogP) is 2.93. The minimum atomic E-state index is -0.177. The molecule has 4 nitrogen and oxygen atoms in total. The number of aliphatic hydroxyl groups excluding tert-OH is 1. The number of aliphatic hydroxyl groups is 1. The van der Waals surface area contributed by atoms with E-state index in [0.29, 0.717) is 21.8 Å². The summed E-state index contributed by atoms with van der Waals surface area (Å²) in [5.41, 5.74) is 5.64. The number of nitrogens with zero attached hydrogens (tertiary/aromatic N) is 1. The zero-order chi connectivity index (χ0) is 13.1. The molecule has 0 amide bonds. The average Bonchev–Trinajstić information content (AvgIpc) is 2.32. The van der Waals surface area contributed by atoms with Gasteiger partial charge in [-0.3, -0.25) is 0 Å². The molecule has 1 fully saturated rings. The highest BCUT2D eigenvalue weighted by Gasteiger charge is 2.20. The number of nitrogens with two attached hydrogens (primary N) is 1. The van der Waals surface area contributed by atoms with Crippen molar-refractivity contribution in [2.24, 2.45) is 5.92 Å². The first kappa shape index (κ1) is 13.7. The van der Waals surface area contributed by atoms with E-state index in [-0.39, 0.29) is 11.9 Å². The van der Waals surface area contributed by atoms with E-state index in [0.717, 1.165) is 32.2 Å². The van der Waals surface area contributed by atoms with Gasteiger partial charge in [0.15, 0.2) is 0 Å². The van der Waals surface area contributed by atoms with Crippen LogP contribution in [-0.2, 0) is 0 Å². The number of aromatic nitrogens is 1. The minimum absolute atomic E-state index is 0.177. The summed E-state index contributed by atoms with van der Waals surface area (Å²) in [7, 11) is 0. The molecular formula is C12H17Cl2N3O. The number of halogens is 2. The van der Waals surface area contributed by atoms with Gasteiger partial charge >= 0.3 is 0 Å². The number of anilines is 2. The van der Waals surface area contributed by atoms with Gasteiger partial charge in [-0.2, -0.15) is 0 Å². The Kier molecular flexibility index (Phi) is 4.54. The molecule has 2 atom stereocenters. The van der Waals surface area contributed by atoms with Crippen molar-refractivity contribution in [3.63, 3.8) is 0 Å². The summed E-state index contributed by atoms with van der Waals surface area (Å²) in [6.45, 7) is 0.741. The lowest BCUT2D eigenvalue weighted by Gasteiger charge is -2.26. The molecule has 0 spiro atoms. The second kappa shape index (κ2) is 5.95. The SMILES string of the molecule is Nc1nc(NCC2CCCC(O)C2)c(Cl)cc1Cl. The summed E-state index contributed by atoms with van der Waals surface area (Å²) in [6.07, 6.45) is 3.74. The van der Waals surface area contributed by atoms with Crippen LogP contribution in [0.5, 0.6) is 0 Å². The topological polar surface area (TPSA) is 71.2 Å². The van der Waals surface area contributed by atoms with Crippen LogP contribution < -0.4 is 11.1 Å². The van der Waals surface area contributed by atoms with Gasteiger partial charge in [0.1, 0.15) is 11.6 Å². The third-order valence-electron chi connectivity index (χ3n) is 3.27.